The van der Waals surface area contributed by atoms with Crippen LogP contribution >= 0.6 is 23.2 Å². The minimum absolute atomic E-state index is 0.00578. The summed E-state index contributed by atoms with van der Waals surface area (Å²) in [5, 5.41) is 9.96. The molecule has 144 valence electrons. The number of sulfonamides is 1. The number of carboxylic acid groups (broad SMARTS) is 1. The summed E-state index contributed by atoms with van der Waals surface area (Å²) in [6.07, 6.45) is 0. The van der Waals surface area contributed by atoms with E-state index in [4.69, 9.17) is 27.9 Å². The van der Waals surface area contributed by atoms with Gasteiger partial charge in [-0.25, -0.2) is 13.2 Å². The molecule has 0 aromatic heterocycles. The van der Waals surface area contributed by atoms with Crippen LogP contribution in [0, 0.1) is 0 Å². The maximum absolute atomic E-state index is 12.7. The van der Waals surface area contributed by atoms with Crippen LogP contribution in [0.4, 0.5) is 5.69 Å². The van der Waals surface area contributed by atoms with Crippen molar-refractivity contribution in [1.29, 1.82) is 0 Å². The lowest BCUT2D eigenvalue weighted by Crippen LogP contribution is -2.13. The molecule has 0 unspecified atom stereocenters. The maximum Gasteiger partial charge on any atom is 0.339 e. The SMILES string of the molecule is O=C(O)c1ccccc1Oc1ccc(Cl)cc1NS(=O)(=O)c1ccc(Cl)cc1. The molecule has 0 fully saturated rings. The quantitative estimate of drug-likeness (QED) is 0.546. The van der Waals surface area contributed by atoms with E-state index >= 15 is 0 Å². The molecule has 0 atom stereocenters. The van der Waals surface area contributed by atoms with Crippen molar-refractivity contribution >= 4 is 44.9 Å². The first-order chi connectivity index (χ1) is 13.3. The smallest absolute Gasteiger partial charge is 0.339 e. The Balaban J connectivity index is 1.98. The second kappa shape index (κ2) is 8.10. The highest BCUT2D eigenvalue weighted by atomic mass is 35.5. The standard InChI is InChI=1S/C19H13Cl2NO5S/c20-12-5-8-14(9-6-12)28(25,26)22-16-11-13(21)7-10-18(16)27-17-4-2-1-3-15(17)19(23)24/h1-11,22H,(H,23,24). The van der Waals surface area contributed by atoms with Crippen molar-refractivity contribution in [3.05, 3.63) is 82.3 Å². The zero-order valence-electron chi connectivity index (χ0n) is 14.1. The van der Waals surface area contributed by atoms with Gasteiger partial charge in [0.2, 0.25) is 0 Å². The molecular weight excluding hydrogens is 425 g/mol. The van der Waals surface area contributed by atoms with Gasteiger partial charge in [0, 0.05) is 10.0 Å². The highest BCUT2D eigenvalue weighted by Crippen LogP contribution is 2.35. The summed E-state index contributed by atoms with van der Waals surface area (Å²) in [4.78, 5) is 11.4. The number of halogens is 2. The second-order valence-corrected chi connectivity index (χ2v) is 8.16. The van der Waals surface area contributed by atoms with Gasteiger partial charge in [0.1, 0.15) is 11.3 Å². The number of hydrogen-bond acceptors (Lipinski definition) is 4. The van der Waals surface area contributed by atoms with Crippen LogP contribution in [0.2, 0.25) is 10.0 Å². The number of hydrogen-bond donors (Lipinski definition) is 2. The molecule has 0 saturated carbocycles. The molecule has 6 nitrogen and oxygen atoms in total. The monoisotopic (exact) mass is 437 g/mol. The van der Waals surface area contributed by atoms with Crippen LogP contribution in [-0.4, -0.2) is 19.5 Å². The Morgan fingerprint density at radius 1 is 0.893 bits per heavy atom. The number of carboxylic acids is 1. The van der Waals surface area contributed by atoms with Crippen LogP contribution in [0.25, 0.3) is 0 Å². The minimum Gasteiger partial charge on any atom is -0.478 e. The minimum atomic E-state index is -3.95. The number of nitrogens with one attached hydrogen (secondary N) is 1. The molecule has 0 spiro atoms. The van der Waals surface area contributed by atoms with Gasteiger partial charge in [0.05, 0.1) is 10.6 Å². The number of aromatic carboxylic acids is 1. The number of anilines is 1. The average molecular weight is 438 g/mol. The highest BCUT2D eigenvalue weighted by molar-refractivity contribution is 7.92. The fourth-order valence-corrected chi connectivity index (χ4v) is 3.70. The van der Waals surface area contributed by atoms with Crippen LogP contribution in [0.3, 0.4) is 0 Å². The van der Waals surface area contributed by atoms with Crippen LogP contribution in [0.5, 0.6) is 11.5 Å². The molecule has 0 aliphatic carbocycles. The van der Waals surface area contributed by atoms with Crippen molar-refractivity contribution in [2.45, 2.75) is 4.90 Å². The van der Waals surface area contributed by atoms with Gasteiger partial charge in [0.15, 0.2) is 5.75 Å². The number of carbonyl (C=O) groups is 1. The summed E-state index contributed by atoms with van der Waals surface area (Å²) < 4.78 is 33.4. The molecule has 2 N–H and O–H groups in total. The topological polar surface area (TPSA) is 92.7 Å². The third-order valence-electron chi connectivity index (χ3n) is 3.65. The number of para-hydroxylation sites is 1. The summed E-state index contributed by atoms with van der Waals surface area (Å²) >= 11 is 11.8. The van der Waals surface area contributed by atoms with Crippen molar-refractivity contribution in [1.82, 2.24) is 0 Å². The fourth-order valence-electron chi connectivity index (χ4n) is 2.34. The highest BCUT2D eigenvalue weighted by Gasteiger charge is 2.19. The summed E-state index contributed by atoms with van der Waals surface area (Å²) in [6.45, 7) is 0. The van der Waals surface area contributed by atoms with E-state index in [1.165, 1.54) is 54.6 Å². The molecule has 3 aromatic rings. The molecule has 0 radical (unpaired) electrons. The summed E-state index contributed by atoms with van der Waals surface area (Å²) in [5.41, 5.74) is -0.00778. The molecular formula is C19H13Cl2NO5S. The molecule has 0 aliphatic rings. The molecule has 9 heteroatoms. The fraction of sp³-hybridized carbons (Fsp3) is 0. The van der Waals surface area contributed by atoms with Gasteiger partial charge in [-0.3, -0.25) is 4.72 Å². The Morgan fingerprint density at radius 2 is 1.54 bits per heavy atom. The lowest BCUT2D eigenvalue weighted by atomic mass is 10.2. The zero-order chi connectivity index (χ0) is 20.3. The number of ether oxygens (including phenoxy) is 1. The van der Waals surface area contributed by atoms with Gasteiger partial charge in [-0.15, -0.1) is 0 Å². The molecule has 0 amide bonds. The van der Waals surface area contributed by atoms with Crippen LogP contribution in [-0.2, 0) is 10.0 Å². The molecule has 3 rings (SSSR count). The van der Waals surface area contributed by atoms with Gasteiger partial charge < -0.3 is 9.84 Å². The van der Waals surface area contributed by atoms with Gasteiger partial charge in [-0.05, 0) is 54.6 Å². The molecule has 3 aromatic carbocycles. The van der Waals surface area contributed by atoms with E-state index in [1.54, 1.807) is 12.1 Å². The van der Waals surface area contributed by atoms with Gasteiger partial charge >= 0.3 is 5.97 Å². The van der Waals surface area contributed by atoms with E-state index in [2.05, 4.69) is 4.72 Å². The second-order valence-electron chi connectivity index (χ2n) is 5.60. The van der Waals surface area contributed by atoms with E-state index in [0.29, 0.717) is 5.02 Å². The Kier molecular flexibility index (Phi) is 5.79. The number of rotatable bonds is 6. The first-order valence-corrected chi connectivity index (χ1v) is 10.1. The van der Waals surface area contributed by atoms with Crippen LogP contribution in [0.15, 0.2) is 71.6 Å². The Hall–Kier alpha value is -2.74. The largest absolute Gasteiger partial charge is 0.478 e. The Morgan fingerprint density at radius 3 is 2.21 bits per heavy atom. The Labute approximate surface area is 171 Å². The van der Waals surface area contributed by atoms with Crippen molar-refractivity contribution in [3.8, 4) is 11.5 Å². The van der Waals surface area contributed by atoms with Crippen molar-refractivity contribution < 1.29 is 23.1 Å². The van der Waals surface area contributed by atoms with E-state index in [1.807, 2.05) is 0 Å². The zero-order valence-corrected chi connectivity index (χ0v) is 16.4. The normalized spacial score (nSPS) is 11.1. The van der Waals surface area contributed by atoms with E-state index in [9.17, 15) is 18.3 Å². The maximum atomic E-state index is 12.7. The van der Waals surface area contributed by atoms with Crippen molar-refractivity contribution in [2.24, 2.45) is 0 Å². The lowest BCUT2D eigenvalue weighted by Gasteiger charge is -2.15. The third-order valence-corrected chi connectivity index (χ3v) is 5.52. The number of benzene rings is 3. The molecule has 0 heterocycles. The van der Waals surface area contributed by atoms with Crippen molar-refractivity contribution in [3.63, 3.8) is 0 Å². The molecule has 28 heavy (non-hydrogen) atoms. The summed E-state index contributed by atoms with van der Waals surface area (Å²) in [7, 11) is -3.95. The Bertz CT molecular complexity index is 1130. The third kappa shape index (κ3) is 4.56. The van der Waals surface area contributed by atoms with Gasteiger partial charge in [-0.2, -0.15) is 0 Å². The predicted molar refractivity (Wildman–Crippen MR) is 107 cm³/mol. The van der Waals surface area contributed by atoms with Crippen LogP contribution < -0.4 is 9.46 Å². The first kappa shape index (κ1) is 20.0. The first-order valence-electron chi connectivity index (χ1n) is 7.84. The molecule has 0 bridgehead atoms. The lowest BCUT2D eigenvalue weighted by molar-refractivity contribution is 0.0694. The van der Waals surface area contributed by atoms with E-state index in [-0.39, 0.29) is 32.7 Å². The van der Waals surface area contributed by atoms with Gasteiger partial charge in [-0.1, -0.05) is 35.3 Å². The average Bonchev–Trinajstić information content (AvgIpc) is 2.64. The summed E-state index contributed by atoms with van der Waals surface area (Å²) in [5.74, 6) is -1.02. The van der Waals surface area contributed by atoms with Crippen LogP contribution in [0.1, 0.15) is 10.4 Å². The predicted octanol–water partition coefficient (Wildman–Crippen LogP) is 5.28. The van der Waals surface area contributed by atoms with Gasteiger partial charge in [0.25, 0.3) is 10.0 Å². The van der Waals surface area contributed by atoms with E-state index in [0.717, 1.165) is 0 Å². The summed E-state index contributed by atoms with van der Waals surface area (Å²) in [6, 6.07) is 15.9. The molecule has 0 aliphatic heterocycles. The van der Waals surface area contributed by atoms with E-state index < -0.39 is 16.0 Å². The molecule has 0 saturated heterocycles. The van der Waals surface area contributed by atoms with Crippen molar-refractivity contribution in [2.75, 3.05) is 4.72 Å².